The van der Waals surface area contributed by atoms with Crippen molar-refractivity contribution in [3.8, 4) is 0 Å². The van der Waals surface area contributed by atoms with E-state index in [-0.39, 0.29) is 6.10 Å². The molecule has 0 bridgehead atoms. The number of ether oxygens (including phenoxy) is 1. The molecule has 0 radical (unpaired) electrons. The predicted octanol–water partition coefficient (Wildman–Crippen LogP) is -0.0879. The number of nitrogens with zero attached hydrogens (tertiary/aromatic N) is 3. The molecule has 1 atom stereocenters. The van der Waals surface area contributed by atoms with Crippen molar-refractivity contribution >= 4 is 22.6 Å². The molecule has 4 aliphatic rings. The standard InChI is InChI=1S/C15H20N4O3S/c20-10-5-19(6-10)14-17-11-1-2-23(21)12(11)13(18-14)16-9-3-15(4-9)7-22-8-15/h9-10,20H,1-8H2,(H,16,17,18). The molecule has 2 saturated heterocycles. The lowest BCUT2D eigenvalue weighted by Gasteiger charge is -2.53. The van der Waals surface area contributed by atoms with E-state index in [9.17, 15) is 9.32 Å². The molecule has 4 heterocycles. The first-order valence-corrected chi connectivity index (χ1v) is 9.50. The molecule has 1 spiro atoms. The van der Waals surface area contributed by atoms with E-state index in [2.05, 4.69) is 15.3 Å². The van der Waals surface area contributed by atoms with Gasteiger partial charge in [-0.3, -0.25) is 4.21 Å². The number of aliphatic hydroxyl groups excluding tert-OH is 1. The van der Waals surface area contributed by atoms with Crippen LogP contribution in [0.15, 0.2) is 4.90 Å². The highest BCUT2D eigenvalue weighted by atomic mass is 32.2. The second kappa shape index (κ2) is 4.87. The minimum atomic E-state index is -1.00. The van der Waals surface area contributed by atoms with Crippen molar-refractivity contribution in [2.45, 2.75) is 36.3 Å². The third kappa shape index (κ3) is 2.19. The van der Waals surface area contributed by atoms with Crippen LogP contribution < -0.4 is 10.2 Å². The highest BCUT2D eigenvalue weighted by Gasteiger charge is 2.50. The molecule has 3 aliphatic heterocycles. The molecule has 1 unspecified atom stereocenters. The van der Waals surface area contributed by atoms with E-state index < -0.39 is 10.8 Å². The third-order valence-corrected chi connectivity index (χ3v) is 6.80. The number of rotatable bonds is 3. The number of hydrogen-bond donors (Lipinski definition) is 2. The maximum Gasteiger partial charge on any atom is 0.227 e. The number of fused-ring (bicyclic) bond motifs is 1. The van der Waals surface area contributed by atoms with Crippen molar-refractivity contribution in [2.75, 3.05) is 42.3 Å². The molecule has 0 amide bonds. The average Bonchev–Trinajstić information content (AvgIpc) is 2.78. The second-order valence-electron chi connectivity index (χ2n) is 7.25. The Hall–Kier alpha value is -1.25. The first kappa shape index (κ1) is 14.1. The van der Waals surface area contributed by atoms with Gasteiger partial charge >= 0.3 is 0 Å². The van der Waals surface area contributed by atoms with Crippen LogP contribution in [0.3, 0.4) is 0 Å². The van der Waals surface area contributed by atoms with Gasteiger partial charge in [0.2, 0.25) is 5.95 Å². The van der Waals surface area contributed by atoms with Gasteiger partial charge in [-0.2, -0.15) is 4.98 Å². The summed E-state index contributed by atoms with van der Waals surface area (Å²) in [6.45, 7) is 2.89. The number of anilines is 2. The van der Waals surface area contributed by atoms with E-state index in [1.807, 2.05) is 4.90 Å². The van der Waals surface area contributed by atoms with Crippen molar-refractivity contribution in [3.63, 3.8) is 0 Å². The van der Waals surface area contributed by atoms with Gasteiger partial charge in [0.15, 0.2) is 0 Å². The van der Waals surface area contributed by atoms with Crippen molar-refractivity contribution < 1.29 is 14.1 Å². The summed E-state index contributed by atoms with van der Waals surface area (Å²) in [7, 11) is -1.00. The van der Waals surface area contributed by atoms with Gasteiger partial charge in [-0.15, -0.1) is 0 Å². The number of β-amino-alcohol motifs (C(OH)–C–C–N with tert-alkyl or cyclic N) is 1. The summed E-state index contributed by atoms with van der Waals surface area (Å²) in [5.74, 6) is 2.02. The van der Waals surface area contributed by atoms with Crippen LogP contribution in [-0.2, 0) is 22.0 Å². The number of nitrogens with one attached hydrogen (secondary N) is 1. The first-order valence-electron chi connectivity index (χ1n) is 8.18. The second-order valence-corrected chi connectivity index (χ2v) is 8.76. The molecule has 1 aromatic rings. The maximum absolute atomic E-state index is 12.3. The van der Waals surface area contributed by atoms with Crippen LogP contribution in [0.4, 0.5) is 11.8 Å². The molecule has 0 aromatic carbocycles. The van der Waals surface area contributed by atoms with E-state index in [0.29, 0.717) is 36.2 Å². The fourth-order valence-electron chi connectivity index (χ4n) is 3.95. The zero-order valence-electron chi connectivity index (χ0n) is 12.8. The predicted molar refractivity (Wildman–Crippen MR) is 85.1 cm³/mol. The quantitative estimate of drug-likeness (QED) is 0.798. The highest BCUT2D eigenvalue weighted by molar-refractivity contribution is 7.85. The Morgan fingerprint density at radius 3 is 2.74 bits per heavy atom. The van der Waals surface area contributed by atoms with Crippen molar-refractivity contribution in [1.29, 1.82) is 0 Å². The lowest BCUT2D eigenvalue weighted by Crippen LogP contribution is -2.56. The molecule has 1 aliphatic carbocycles. The van der Waals surface area contributed by atoms with E-state index in [0.717, 1.165) is 48.9 Å². The SMILES string of the molecule is O=S1CCc2nc(N3CC(O)C3)nc(NC3CC4(COC4)C3)c21. The Morgan fingerprint density at radius 2 is 2.09 bits per heavy atom. The Balaban J connectivity index is 1.41. The number of aliphatic hydroxyl groups is 1. The summed E-state index contributed by atoms with van der Waals surface area (Å²) < 4.78 is 17.6. The minimum Gasteiger partial charge on any atom is -0.389 e. The van der Waals surface area contributed by atoms with Crippen LogP contribution in [-0.4, -0.2) is 63.5 Å². The summed E-state index contributed by atoms with van der Waals surface area (Å²) in [6, 6.07) is 0.380. The van der Waals surface area contributed by atoms with Crippen LogP contribution in [0.5, 0.6) is 0 Å². The third-order valence-electron chi connectivity index (χ3n) is 5.34. The van der Waals surface area contributed by atoms with Crippen molar-refractivity contribution in [2.24, 2.45) is 5.41 Å². The van der Waals surface area contributed by atoms with Gasteiger partial charge in [-0.25, -0.2) is 4.98 Å². The van der Waals surface area contributed by atoms with Gasteiger partial charge in [0, 0.05) is 36.7 Å². The van der Waals surface area contributed by atoms with Gasteiger partial charge in [0.1, 0.15) is 10.7 Å². The largest absolute Gasteiger partial charge is 0.389 e. The van der Waals surface area contributed by atoms with Crippen LogP contribution in [0, 0.1) is 5.41 Å². The smallest absolute Gasteiger partial charge is 0.227 e. The molecule has 5 rings (SSSR count). The van der Waals surface area contributed by atoms with E-state index >= 15 is 0 Å². The minimum absolute atomic E-state index is 0.289. The Kier molecular flexibility index (Phi) is 2.99. The molecule has 124 valence electrons. The zero-order chi connectivity index (χ0) is 15.6. The molecule has 2 N–H and O–H groups in total. The summed E-state index contributed by atoms with van der Waals surface area (Å²) in [6.07, 6.45) is 2.64. The van der Waals surface area contributed by atoms with Crippen LogP contribution in [0.1, 0.15) is 18.5 Å². The van der Waals surface area contributed by atoms with Crippen molar-refractivity contribution in [3.05, 3.63) is 5.69 Å². The highest BCUT2D eigenvalue weighted by Crippen LogP contribution is 2.48. The zero-order valence-corrected chi connectivity index (χ0v) is 13.6. The fraction of sp³-hybridized carbons (Fsp3) is 0.733. The molecule has 7 nitrogen and oxygen atoms in total. The molecular formula is C15H20N4O3S. The van der Waals surface area contributed by atoms with E-state index in [4.69, 9.17) is 4.74 Å². The van der Waals surface area contributed by atoms with Gasteiger partial charge < -0.3 is 20.1 Å². The van der Waals surface area contributed by atoms with Crippen LogP contribution in [0.25, 0.3) is 0 Å². The molecule has 1 aromatic heterocycles. The van der Waals surface area contributed by atoms with Crippen molar-refractivity contribution in [1.82, 2.24) is 9.97 Å². The lowest BCUT2D eigenvalue weighted by molar-refractivity contribution is -0.159. The van der Waals surface area contributed by atoms with Gasteiger partial charge in [0.25, 0.3) is 0 Å². The number of hydrogen-bond acceptors (Lipinski definition) is 7. The van der Waals surface area contributed by atoms with Gasteiger partial charge in [-0.1, -0.05) is 0 Å². The summed E-state index contributed by atoms with van der Waals surface area (Å²) >= 11 is 0. The summed E-state index contributed by atoms with van der Waals surface area (Å²) in [5.41, 5.74) is 1.29. The molecule has 3 fully saturated rings. The van der Waals surface area contributed by atoms with Gasteiger partial charge in [-0.05, 0) is 12.8 Å². The van der Waals surface area contributed by atoms with Crippen LogP contribution >= 0.6 is 0 Å². The Morgan fingerprint density at radius 1 is 1.30 bits per heavy atom. The normalized spacial score (nSPS) is 28.9. The van der Waals surface area contributed by atoms with E-state index in [1.165, 1.54) is 0 Å². The molecule has 1 saturated carbocycles. The average molecular weight is 336 g/mol. The fourth-order valence-corrected chi connectivity index (χ4v) is 5.26. The first-order chi connectivity index (χ1) is 11.1. The topological polar surface area (TPSA) is 87.6 Å². The van der Waals surface area contributed by atoms with Crippen LogP contribution in [0.2, 0.25) is 0 Å². The van der Waals surface area contributed by atoms with E-state index in [1.54, 1.807) is 0 Å². The monoisotopic (exact) mass is 336 g/mol. The summed E-state index contributed by atoms with van der Waals surface area (Å²) in [5, 5.41) is 13.0. The lowest BCUT2D eigenvalue weighted by atomic mass is 9.64. The molecule has 23 heavy (non-hydrogen) atoms. The number of aryl methyl sites for hydroxylation is 1. The van der Waals surface area contributed by atoms with Gasteiger partial charge in [0.05, 0.1) is 35.8 Å². The Labute approximate surface area is 136 Å². The maximum atomic E-state index is 12.3. The molecule has 8 heteroatoms. The number of aromatic nitrogens is 2. The molecular weight excluding hydrogens is 316 g/mol. The summed E-state index contributed by atoms with van der Waals surface area (Å²) in [4.78, 5) is 12.0. The Bertz CT molecular complexity index is 680.